The third-order valence-electron chi connectivity index (χ3n) is 2.60. The van der Waals surface area contributed by atoms with Crippen LogP contribution in [0.2, 0.25) is 0 Å². The van der Waals surface area contributed by atoms with Crippen LogP contribution in [0.4, 0.5) is 5.69 Å². The summed E-state index contributed by atoms with van der Waals surface area (Å²) in [6, 6.07) is 8.02. The van der Waals surface area contributed by atoms with Gasteiger partial charge in [-0.15, -0.1) is 0 Å². The summed E-state index contributed by atoms with van der Waals surface area (Å²) < 4.78 is 5.22. The number of aromatic nitrogens is 2. The van der Waals surface area contributed by atoms with E-state index in [0.717, 1.165) is 16.8 Å². The second-order valence-electron chi connectivity index (χ2n) is 3.68. The third-order valence-corrected chi connectivity index (χ3v) is 2.60. The number of methoxy groups -OCH3 is 1. The van der Waals surface area contributed by atoms with Crippen molar-refractivity contribution in [2.75, 3.05) is 19.5 Å². The van der Waals surface area contributed by atoms with Crippen LogP contribution in [-0.4, -0.2) is 24.1 Å². The fourth-order valence-corrected chi connectivity index (χ4v) is 1.65. The number of aryl methyl sites for hydroxylation is 1. The van der Waals surface area contributed by atoms with E-state index in [9.17, 15) is 0 Å². The van der Waals surface area contributed by atoms with Crippen LogP contribution in [-0.2, 0) is 0 Å². The smallest absolute Gasteiger partial charge is 0.240 e. The lowest BCUT2D eigenvalue weighted by atomic mass is 10.1. The molecule has 0 aliphatic heterocycles. The average Bonchev–Trinajstić information content (AvgIpc) is 2.38. The number of rotatable bonds is 3. The van der Waals surface area contributed by atoms with Gasteiger partial charge in [0.1, 0.15) is 5.69 Å². The van der Waals surface area contributed by atoms with Crippen LogP contribution < -0.4 is 10.1 Å². The normalized spacial score (nSPS) is 10.1. The molecule has 17 heavy (non-hydrogen) atoms. The highest BCUT2D eigenvalue weighted by atomic mass is 16.5. The maximum absolute atomic E-state index is 5.22. The van der Waals surface area contributed by atoms with Gasteiger partial charge in [-0.3, -0.25) is 0 Å². The molecule has 2 aromatic rings. The fourth-order valence-electron chi connectivity index (χ4n) is 1.65. The van der Waals surface area contributed by atoms with Crippen molar-refractivity contribution in [3.63, 3.8) is 0 Å². The first-order valence-electron chi connectivity index (χ1n) is 5.41. The molecule has 0 aliphatic carbocycles. The molecule has 1 aromatic carbocycles. The minimum absolute atomic E-state index is 0.556. The van der Waals surface area contributed by atoms with Crippen molar-refractivity contribution in [1.82, 2.24) is 9.97 Å². The fraction of sp³-hybridized carbons (Fsp3) is 0.231. The Labute approximate surface area is 101 Å². The number of anilines is 1. The van der Waals surface area contributed by atoms with Gasteiger partial charge in [-0.1, -0.05) is 24.3 Å². The number of hydrogen-bond donors (Lipinski definition) is 1. The number of benzene rings is 1. The van der Waals surface area contributed by atoms with Crippen LogP contribution in [0.1, 0.15) is 5.56 Å². The van der Waals surface area contributed by atoms with Crippen LogP contribution in [0.5, 0.6) is 5.88 Å². The summed E-state index contributed by atoms with van der Waals surface area (Å²) in [5.41, 5.74) is 2.95. The lowest BCUT2D eigenvalue weighted by molar-refractivity contribution is 0.399. The zero-order valence-corrected chi connectivity index (χ0v) is 10.2. The summed E-state index contributed by atoms with van der Waals surface area (Å²) in [4.78, 5) is 8.73. The first kappa shape index (κ1) is 11.4. The van der Waals surface area contributed by atoms with Gasteiger partial charge in [-0.2, -0.15) is 4.98 Å². The van der Waals surface area contributed by atoms with Crippen molar-refractivity contribution in [2.24, 2.45) is 0 Å². The molecule has 1 heterocycles. The van der Waals surface area contributed by atoms with E-state index in [1.165, 1.54) is 0 Å². The highest BCUT2D eigenvalue weighted by Crippen LogP contribution is 2.25. The standard InChI is InChI=1S/C13H15N3O/c1-9-6-4-5-7-10(9)12-15-8-11(14-2)13(16-12)17-3/h4-8,14H,1-3H3. The third kappa shape index (κ3) is 2.20. The zero-order chi connectivity index (χ0) is 12.3. The molecule has 0 atom stereocenters. The predicted molar refractivity (Wildman–Crippen MR) is 68.3 cm³/mol. The lowest BCUT2D eigenvalue weighted by Crippen LogP contribution is -2.00. The minimum atomic E-state index is 0.556. The van der Waals surface area contributed by atoms with Crippen LogP contribution in [0.25, 0.3) is 11.4 Å². The Morgan fingerprint density at radius 1 is 1.24 bits per heavy atom. The van der Waals surface area contributed by atoms with Crippen LogP contribution in [0, 0.1) is 6.92 Å². The van der Waals surface area contributed by atoms with Gasteiger partial charge in [0.05, 0.1) is 13.3 Å². The molecule has 0 radical (unpaired) electrons. The first-order valence-corrected chi connectivity index (χ1v) is 5.41. The number of nitrogens with zero attached hydrogens (tertiary/aromatic N) is 2. The van der Waals surface area contributed by atoms with Crippen LogP contribution in [0.3, 0.4) is 0 Å². The van der Waals surface area contributed by atoms with Crippen molar-refractivity contribution in [2.45, 2.75) is 6.92 Å². The summed E-state index contributed by atoms with van der Waals surface area (Å²) >= 11 is 0. The quantitative estimate of drug-likeness (QED) is 0.878. The molecule has 0 saturated heterocycles. The van der Waals surface area contributed by atoms with E-state index in [0.29, 0.717) is 11.7 Å². The van der Waals surface area contributed by atoms with Crippen molar-refractivity contribution in [1.29, 1.82) is 0 Å². The molecule has 0 spiro atoms. The number of hydrogen-bond acceptors (Lipinski definition) is 4. The van der Waals surface area contributed by atoms with E-state index in [1.54, 1.807) is 13.3 Å². The molecule has 0 amide bonds. The SMILES string of the molecule is CNc1cnc(-c2ccccc2C)nc1OC. The summed E-state index contributed by atoms with van der Waals surface area (Å²) in [5.74, 6) is 1.24. The van der Waals surface area contributed by atoms with E-state index in [2.05, 4.69) is 15.3 Å². The molecular weight excluding hydrogens is 214 g/mol. The predicted octanol–water partition coefficient (Wildman–Crippen LogP) is 2.50. The Balaban J connectivity index is 2.50. The molecule has 0 aliphatic rings. The van der Waals surface area contributed by atoms with Gasteiger partial charge >= 0.3 is 0 Å². The minimum Gasteiger partial charge on any atom is -0.479 e. The molecule has 0 fully saturated rings. The van der Waals surface area contributed by atoms with Crippen LogP contribution in [0.15, 0.2) is 30.5 Å². The van der Waals surface area contributed by atoms with Gasteiger partial charge in [-0.25, -0.2) is 4.98 Å². The molecule has 0 saturated carbocycles. The monoisotopic (exact) mass is 229 g/mol. The Bertz CT molecular complexity index is 526. The van der Waals surface area contributed by atoms with Gasteiger partial charge < -0.3 is 10.1 Å². The highest BCUT2D eigenvalue weighted by Gasteiger charge is 2.09. The first-order chi connectivity index (χ1) is 8.26. The molecule has 4 nitrogen and oxygen atoms in total. The highest BCUT2D eigenvalue weighted by molar-refractivity contribution is 5.63. The Hall–Kier alpha value is -2.10. The molecule has 1 aromatic heterocycles. The Kier molecular flexibility index (Phi) is 3.23. The maximum Gasteiger partial charge on any atom is 0.240 e. The van der Waals surface area contributed by atoms with Gasteiger partial charge in [0.15, 0.2) is 5.82 Å². The van der Waals surface area contributed by atoms with Crippen molar-refractivity contribution in [3.05, 3.63) is 36.0 Å². The molecule has 0 bridgehead atoms. The van der Waals surface area contributed by atoms with Gasteiger partial charge in [0.2, 0.25) is 5.88 Å². The molecule has 1 N–H and O–H groups in total. The topological polar surface area (TPSA) is 47.0 Å². The summed E-state index contributed by atoms with van der Waals surface area (Å²) in [7, 11) is 3.42. The second kappa shape index (κ2) is 4.82. The Morgan fingerprint density at radius 2 is 2.00 bits per heavy atom. The van der Waals surface area contributed by atoms with E-state index in [-0.39, 0.29) is 0 Å². The van der Waals surface area contributed by atoms with Gasteiger partial charge in [0, 0.05) is 12.6 Å². The van der Waals surface area contributed by atoms with E-state index >= 15 is 0 Å². The van der Waals surface area contributed by atoms with E-state index in [4.69, 9.17) is 4.74 Å². The lowest BCUT2D eigenvalue weighted by Gasteiger charge is -2.09. The largest absolute Gasteiger partial charge is 0.479 e. The molecule has 0 unspecified atom stereocenters. The maximum atomic E-state index is 5.22. The van der Waals surface area contributed by atoms with Gasteiger partial charge in [0.25, 0.3) is 0 Å². The van der Waals surface area contributed by atoms with Crippen molar-refractivity contribution < 1.29 is 4.74 Å². The van der Waals surface area contributed by atoms with Crippen molar-refractivity contribution in [3.8, 4) is 17.3 Å². The van der Waals surface area contributed by atoms with Crippen LogP contribution >= 0.6 is 0 Å². The van der Waals surface area contributed by atoms with Gasteiger partial charge in [-0.05, 0) is 12.5 Å². The molecular formula is C13H15N3O. The number of nitrogens with one attached hydrogen (secondary N) is 1. The Morgan fingerprint density at radius 3 is 2.65 bits per heavy atom. The summed E-state index contributed by atoms with van der Waals surface area (Å²) in [6.07, 6.45) is 1.73. The van der Waals surface area contributed by atoms with Crippen molar-refractivity contribution >= 4 is 5.69 Å². The molecule has 4 heteroatoms. The summed E-state index contributed by atoms with van der Waals surface area (Å²) in [6.45, 7) is 2.04. The molecule has 2 rings (SSSR count). The van der Waals surface area contributed by atoms with E-state index in [1.807, 2.05) is 38.2 Å². The van der Waals surface area contributed by atoms with E-state index < -0.39 is 0 Å². The second-order valence-corrected chi connectivity index (χ2v) is 3.68. The number of ether oxygens (including phenoxy) is 1. The zero-order valence-electron chi connectivity index (χ0n) is 10.2. The summed E-state index contributed by atoms with van der Waals surface area (Å²) in [5, 5.41) is 2.99. The average molecular weight is 229 g/mol. The molecule has 88 valence electrons.